The van der Waals surface area contributed by atoms with Crippen molar-refractivity contribution in [1.29, 1.82) is 0 Å². The zero-order chi connectivity index (χ0) is 13.6. The van der Waals surface area contributed by atoms with Gasteiger partial charge in [-0.2, -0.15) is 13.2 Å². The summed E-state index contributed by atoms with van der Waals surface area (Å²) in [5.74, 6) is 5.01. The molecule has 0 atom stereocenters. The van der Waals surface area contributed by atoms with Gasteiger partial charge < -0.3 is 5.11 Å². The second kappa shape index (κ2) is 5.96. The van der Waals surface area contributed by atoms with Crippen LogP contribution in [0.25, 0.3) is 10.4 Å². The highest BCUT2D eigenvalue weighted by Gasteiger charge is 2.30. The van der Waals surface area contributed by atoms with Crippen molar-refractivity contribution < 1.29 is 18.3 Å². The summed E-state index contributed by atoms with van der Waals surface area (Å²) >= 11 is 0. The Labute approximate surface area is 101 Å². The third kappa shape index (κ3) is 3.70. The molecule has 0 spiro atoms. The minimum Gasteiger partial charge on any atom is -0.392 e. The van der Waals surface area contributed by atoms with Crippen LogP contribution in [0.2, 0.25) is 0 Å². The van der Waals surface area contributed by atoms with Gasteiger partial charge in [-0.1, -0.05) is 17.0 Å². The van der Waals surface area contributed by atoms with Gasteiger partial charge in [0.15, 0.2) is 0 Å². The molecule has 0 bridgehead atoms. The van der Waals surface area contributed by atoms with Crippen LogP contribution in [0.4, 0.5) is 13.2 Å². The Bertz CT molecular complexity index is 537. The molecule has 1 aromatic carbocycles. The zero-order valence-electron chi connectivity index (χ0n) is 9.07. The van der Waals surface area contributed by atoms with Crippen molar-refractivity contribution >= 4 is 0 Å². The molecule has 0 unspecified atom stereocenters. The van der Waals surface area contributed by atoms with Crippen LogP contribution < -0.4 is 0 Å². The molecule has 1 rings (SSSR count). The van der Waals surface area contributed by atoms with E-state index >= 15 is 0 Å². The first-order valence-corrected chi connectivity index (χ1v) is 4.79. The normalized spacial score (nSPS) is 10.2. The first-order chi connectivity index (χ1) is 8.49. The number of aliphatic hydroxyl groups is 1. The van der Waals surface area contributed by atoms with Crippen LogP contribution in [0.3, 0.4) is 0 Å². The lowest BCUT2D eigenvalue weighted by molar-refractivity contribution is -0.137. The van der Waals surface area contributed by atoms with E-state index in [0.29, 0.717) is 0 Å². The van der Waals surface area contributed by atoms with E-state index in [4.69, 9.17) is 10.6 Å². The van der Waals surface area contributed by atoms with Gasteiger partial charge in [-0.25, -0.2) is 0 Å². The van der Waals surface area contributed by atoms with Crippen molar-refractivity contribution in [2.75, 3.05) is 6.54 Å². The lowest BCUT2D eigenvalue weighted by Gasteiger charge is -2.09. The molecule has 7 heteroatoms. The number of rotatable bonds is 2. The molecule has 0 aliphatic heterocycles. The van der Waals surface area contributed by atoms with Crippen molar-refractivity contribution in [3.05, 3.63) is 45.3 Å². The largest absolute Gasteiger partial charge is 0.416 e. The van der Waals surface area contributed by atoms with Crippen molar-refractivity contribution in [3.63, 3.8) is 0 Å². The molecule has 0 radical (unpaired) electrons. The van der Waals surface area contributed by atoms with Crippen LogP contribution >= 0.6 is 0 Å². The summed E-state index contributed by atoms with van der Waals surface area (Å²) in [6.45, 7) is -0.627. The van der Waals surface area contributed by atoms with Crippen molar-refractivity contribution in [2.45, 2.75) is 12.8 Å². The lowest BCUT2D eigenvalue weighted by atomic mass is 10.0. The Hall–Kier alpha value is -2.16. The molecule has 0 saturated heterocycles. The SMILES string of the molecule is [N-]=[N+]=NCC#Cc1ccc(C(F)(F)F)cc1CO. The van der Waals surface area contributed by atoms with Gasteiger partial charge in [0.05, 0.1) is 18.7 Å². The molecule has 0 aromatic heterocycles. The average Bonchev–Trinajstić information content (AvgIpc) is 2.33. The van der Waals surface area contributed by atoms with Gasteiger partial charge in [-0.05, 0) is 29.3 Å². The van der Waals surface area contributed by atoms with Gasteiger partial charge in [0.2, 0.25) is 0 Å². The van der Waals surface area contributed by atoms with Crippen LogP contribution in [0.5, 0.6) is 0 Å². The first kappa shape index (κ1) is 13.9. The number of hydrogen-bond donors (Lipinski definition) is 1. The third-order valence-corrected chi connectivity index (χ3v) is 2.04. The second-order valence-electron chi connectivity index (χ2n) is 3.22. The van der Waals surface area contributed by atoms with Crippen LogP contribution in [0.1, 0.15) is 16.7 Å². The topological polar surface area (TPSA) is 69.0 Å². The lowest BCUT2D eigenvalue weighted by Crippen LogP contribution is -2.06. The highest BCUT2D eigenvalue weighted by Crippen LogP contribution is 2.30. The first-order valence-electron chi connectivity index (χ1n) is 4.79. The molecule has 94 valence electrons. The van der Waals surface area contributed by atoms with E-state index in [2.05, 4.69) is 21.9 Å². The van der Waals surface area contributed by atoms with Gasteiger partial charge in [0.1, 0.15) is 0 Å². The molecule has 0 saturated carbocycles. The van der Waals surface area contributed by atoms with Crippen LogP contribution in [-0.4, -0.2) is 11.7 Å². The van der Waals surface area contributed by atoms with E-state index in [9.17, 15) is 13.2 Å². The second-order valence-corrected chi connectivity index (χ2v) is 3.22. The maximum atomic E-state index is 12.4. The van der Waals surface area contributed by atoms with Crippen LogP contribution in [0.15, 0.2) is 23.3 Å². The predicted molar refractivity (Wildman–Crippen MR) is 58.3 cm³/mol. The van der Waals surface area contributed by atoms with Crippen molar-refractivity contribution in [1.82, 2.24) is 0 Å². The molecular formula is C11H8F3N3O. The molecule has 0 aliphatic rings. The summed E-state index contributed by atoms with van der Waals surface area (Å²) in [5.41, 5.74) is 7.53. The molecule has 0 aliphatic carbocycles. The average molecular weight is 255 g/mol. The number of aliphatic hydroxyl groups excluding tert-OH is 1. The number of azide groups is 1. The maximum absolute atomic E-state index is 12.4. The summed E-state index contributed by atoms with van der Waals surface area (Å²) in [5, 5.41) is 12.2. The maximum Gasteiger partial charge on any atom is 0.416 e. The Kier molecular flexibility index (Phi) is 4.60. The fraction of sp³-hybridized carbons (Fsp3) is 0.273. The Morgan fingerprint density at radius 2 is 2.11 bits per heavy atom. The minimum absolute atomic E-state index is 0.0810. The quantitative estimate of drug-likeness (QED) is 0.375. The Balaban J connectivity index is 3.06. The standard InChI is InChI=1S/C11H8F3N3O/c12-11(13,14)10-4-3-8(9(6-10)7-18)2-1-5-16-17-15/h3-4,6,18H,5,7H2. The predicted octanol–water partition coefficient (Wildman–Crippen LogP) is 2.86. The van der Waals surface area contributed by atoms with E-state index in [-0.39, 0.29) is 17.7 Å². The van der Waals surface area contributed by atoms with E-state index in [1.165, 1.54) is 6.07 Å². The summed E-state index contributed by atoms with van der Waals surface area (Å²) < 4.78 is 37.2. The number of nitrogens with zero attached hydrogens (tertiary/aromatic N) is 3. The highest BCUT2D eigenvalue weighted by molar-refractivity contribution is 5.44. The number of hydrogen-bond acceptors (Lipinski definition) is 2. The summed E-state index contributed by atoms with van der Waals surface area (Å²) in [6.07, 6.45) is -4.46. The van der Waals surface area contributed by atoms with E-state index in [1.54, 1.807) is 0 Å². The van der Waals surface area contributed by atoms with Crippen LogP contribution in [0, 0.1) is 11.8 Å². The van der Waals surface area contributed by atoms with E-state index in [1.807, 2.05) is 0 Å². The van der Waals surface area contributed by atoms with Gasteiger partial charge >= 0.3 is 6.18 Å². The van der Waals surface area contributed by atoms with Crippen molar-refractivity contribution in [2.24, 2.45) is 5.11 Å². The van der Waals surface area contributed by atoms with E-state index in [0.717, 1.165) is 12.1 Å². The summed E-state index contributed by atoms with van der Waals surface area (Å²) in [4.78, 5) is 2.48. The Morgan fingerprint density at radius 3 is 2.67 bits per heavy atom. The zero-order valence-corrected chi connectivity index (χ0v) is 9.07. The van der Waals surface area contributed by atoms with Crippen molar-refractivity contribution in [3.8, 4) is 11.8 Å². The number of halogens is 3. The van der Waals surface area contributed by atoms with Crippen LogP contribution in [-0.2, 0) is 12.8 Å². The number of alkyl halides is 3. The highest BCUT2D eigenvalue weighted by atomic mass is 19.4. The molecule has 4 nitrogen and oxygen atoms in total. The van der Waals surface area contributed by atoms with Gasteiger partial charge in [0.25, 0.3) is 0 Å². The Morgan fingerprint density at radius 1 is 1.39 bits per heavy atom. The summed E-state index contributed by atoms with van der Waals surface area (Å²) in [7, 11) is 0. The fourth-order valence-electron chi connectivity index (χ4n) is 1.22. The minimum atomic E-state index is -4.46. The molecule has 1 aromatic rings. The summed E-state index contributed by atoms with van der Waals surface area (Å²) in [6, 6.07) is 2.91. The molecule has 0 heterocycles. The van der Waals surface area contributed by atoms with E-state index < -0.39 is 18.3 Å². The van der Waals surface area contributed by atoms with Gasteiger partial charge in [-0.3, -0.25) is 0 Å². The molecule has 0 amide bonds. The number of benzene rings is 1. The van der Waals surface area contributed by atoms with Gasteiger partial charge in [0, 0.05) is 10.5 Å². The smallest absolute Gasteiger partial charge is 0.392 e. The molecule has 18 heavy (non-hydrogen) atoms. The molecule has 0 fully saturated rings. The molecular weight excluding hydrogens is 247 g/mol. The molecule has 1 N–H and O–H groups in total. The van der Waals surface area contributed by atoms with Gasteiger partial charge in [-0.15, -0.1) is 0 Å². The fourth-order valence-corrected chi connectivity index (χ4v) is 1.22. The monoisotopic (exact) mass is 255 g/mol. The third-order valence-electron chi connectivity index (χ3n) is 2.04.